The number of halogens is 1. The number of aliphatic carboxylic acids is 1. The van der Waals surface area contributed by atoms with E-state index in [2.05, 4.69) is 31.5 Å². The average molecular weight is 353 g/mol. The topological polar surface area (TPSA) is 80.9 Å². The molecule has 0 fully saturated rings. The molecule has 2 rings (SSSR count). The van der Waals surface area contributed by atoms with Crippen molar-refractivity contribution >= 4 is 21.9 Å². The molecule has 0 aliphatic carbocycles. The molecule has 0 spiro atoms. The number of rotatable bonds is 6. The third-order valence-electron chi connectivity index (χ3n) is 3.37. The molecule has 0 radical (unpaired) electrons. The number of nitrogens with zero attached hydrogens (tertiary/aromatic N) is 4. The van der Waals surface area contributed by atoms with E-state index in [1.54, 1.807) is 4.68 Å². The van der Waals surface area contributed by atoms with E-state index in [-0.39, 0.29) is 12.3 Å². The van der Waals surface area contributed by atoms with E-state index >= 15 is 0 Å². The van der Waals surface area contributed by atoms with Crippen molar-refractivity contribution < 1.29 is 9.90 Å². The van der Waals surface area contributed by atoms with Gasteiger partial charge in [-0.3, -0.25) is 4.79 Å². The summed E-state index contributed by atoms with van der Waals surface area (Å²) in [4.78, 5) is 10.9. The lowest BCUT2D eigenvalue weighted by molar-refractivity contribution is -0.138. The van der Waals surface area contributed by atoms with Crippen LogP contribution in [0.25, 0.3) is 11.4 Å². The van der Waals surface area contributed by atoms with Gasteiger partial charge in [-0.2, -0.15) is 0 Å². The molecule has 1 unspecified atom stereocenters. The number of carboxylic acids is 1. The van der Waals surface area contributed by atoms with Gasteiger partial charge in [-0.05, 0) is 41.0 Å². The third-order valence-corrected chi connectivity index (χ3v) is 4.03. The van der Waals surface area contributed by atoms with Crippen molar-refractivity contribution in [3.8, 4) is 11.4 Å². The number of carboxylic acid groups (broad SMARTS) is 1. The fourth-order valence-corrected chi connectivity index (χ4v) is 2.82. The van der Waals surface area contributed by atoms with Gasteiger partial charge in [-0.1, -0.05) is 35.3 Å². The Morgan fingerprint density at radius 3 is 2.86 bits per heavy atom. The van der Waals surface area contributed by atoms with Gasteiger partial charge >= 0.3 is 5.97 Å². The highest BCUT2D eigenvalue weighted by molar-refractivity contribution is 9.10. The molecule has 0 amide bonds. The summed E-state index contributed by atoms with van der Waals surface area (Å²) < 4.78 is 2.59. The third kappa shape index (κ3) is 3.87. The summed E-state index contributed by atoms with van der Waals surface area (Å²) in [6, 6.07) is 5.95. The lowest BCUT2D eigenvalue weighted by Crippen LogP contribution is -2.16. The standard InChI is InChI=1S/C14H17BrN4O2/c1-3-10(7-13(20)21)8-19-14(16-17-18-19)11-5-4-9(2)6-12(11)15/h4-6,10H,3,7-8H2,1-2H3,(H,20,21). The Morgan fingerprint density at radius 1 is 1.48 bits per heavy atom. The van der Waals surface area contributed by atoms with Crippen LogP contribution in [0.1, 0.15) is 25.3 Å². The van der Waals surface area contributed by atoms with Gasteiger partial charge in [0.05, 0.1) is 0 Å². The van der Waals surface area contributed by atoms with Gasteiger partial charge in [0.15, 0.2) is 5.82 Å². The van der Waals surface area contributed by atoms with Crippen LogP contribution < -0.4 is 0 Å². The first-order chi connectivity index (χ1) is 10.0. The number of aromatic nitrogens is 4. The van der Waals surface area contributed by atoms with E-state index in [4.69, 9.17) is 5.11 Å². The Bertz CT molecular complexity index is 642. The molecule has 1 aromatic heterocycles. The second kappa shape index (κ2) is 6.80. The zero-order valence-electron chi connectivity index (χ0n) is 12.0. The Hall–Kier alpha value is -1.76. The Balaban J connectivity index is 2.27. The highest BCUT2D eigenvalue weighted by Gasteiger charge is 2.17. The quantitative estimate of drug-likeness (QED) is 0.864. The van der Waals surface area contributed by atoms with E-state index in [0.717, 1.165) is 22.0 Å². The number of tetrazole rings is 1. The van der Waals surface area contributed by atoms with Crippen LogP contribution >= 0.6 is 15.9 Å². The second-order valence-electron chi connectivity index (χ2n) is 5.04. The molecule has 21 heavy (non-hydrogen) atoms. The van der Waals surface area contributed by atoms with Gasteiger partial charge in [-0.25, -0.2) is 4.68 Å². The van der Waals surface area contributed by atoms with Crippen LogP contribution in [0.3, 0.4) is 0 Å². The van der Waals surface area contributed by atoms with Crippen LogP contribution in [0.15, 0.2) is 22.7 Å². The summed E-state index contributed by atoms with van der Waals surface area (Å²) in [5, 5.41) is 20.7. The highest BCUT2D eigenvalue weighted by atomic mass is 79.9. The van der Waals surface area contributed by atoms with Crippen LogP contribution in [0.5, 0.6) is 0 Å². The highest BCUT2D eigenvalue weighted by Crippen LogP contribution is 2.27. The van der Waals surface area contributed by atoms with Gasteiger partial charge in [0.25, 0.3) is 0 Å². The van der Waals surface area contributed by atoms with E-state index in [1.165, 1.54) is 0 Å². The largest absolute Gasteiger partial charge is 0.481 e. The molecular formula is C14H17BrN4O2. The second-order valence-corrected chi connectivity index (χ2v) is 5.89. The molecule has 0 bridgehead atoms. The summed E-state index contributed by atoms with van der Waals surface area (Å²) in [5.74, 6) is -0.146. The summed E-state index contributed by atoms with van der Waals surface area (Å²) in [5.41, 5.74) is 2.04. The normalized spacial score (nSPS) is 12.3. The summed E-state index contributed by atoms with van der Waals surface area (Å²) in [6.07, 6.45) is 0.880. The van der Waals surface area contributed by atoms with Crippen LogP contribution in [0, 0.1) is 12.8 Å². The Labute approximate surface area is 131 Å². The van der Waals surface area contributed by atoms with E-state index in [9.17, 15) is 4.79 Å². The van der Waals surface area contributed by atoms with Crippen molar-refractivity contribution in [1.82, 2.24) is 20.2 Å². The van der Waals surface area contributed by atoms with Crippen LogP contribution in [-0.2, 0) is 11.3 Å². The van der Waals surface area contributed by atoms with Crippen molar-refractivity contribution in [2.45, 2.75) is 33.2 Å². The fraction of sp³-hybridized carbons (Fsp3) is 0.429. The Kier molecular flexibility index (Phi) is 5.06. The van der Waals surface area contributed by atoms with E-state index in [1.807, 2.05) is 32.0 Å². The molecule has 0 aliphatic rings. The average Bonchev–Trinajstić information content (AvgIpc) is 2.85. The maximum Gasteiger partial charge on any atom is 0.303 e. The van der Waals surface area contributed by atoms with Gasteiger partial charge < -0.3 is 5.11 Å². The molecule has 1 aromatic carbocycles. The fourth-order valence-electron chi connectivity index (χ4n) is 2.15. The number of carbonyl (C=O) groups is 1. The van der Waals surface area contributed by atoms with Gasteiger partial charge in [0.2, 0.25) is 0 Å². The monoisotopic (exact) mass is 352 g/mol. The van der Waals surface area contributed by atoms with Gasteiger partial charge in [0.1, 0.15) is 0 Å². The van der Waals surface area contributed by atoms with Gasteiger partial charge in [0, 0.05) is 23.0 Å². The molecule has 2 aromatic rings. The summed E-state index contributed by atoms with van der Waals surface area (Å²) in [6.45, 7) is 4.47. The SMILES string of the molecule is CCC(CC(=O)O)Cn1nnnc1-c1ccc(C)cc1Br. The summed E-state index contributed by atoms with van der Waals surface area (Å²) >= 11 is 3.52. The Morgan fingerprint density at radius 2 is 2.24 bits per heavy atom. The van der Waals surface area contributed by atoms with Crippen LogP contribution in [0.4, 0.5) is 0 Å². The molecule has 1 atom stereocenters. The zero-order chi connectivity index (χ0) is 15.4. The minimum absolute atomic E-state index is 0.00831. The molecule has 112 valence electrons. The molecule has 1 N–H and O–H groups in total. The van der Waals surface area contributed by atoms with Crippen LogP contribution in [-0.4, -0.2) is 31.3 Å². The lowest BCUT2D eigenvalue weighted by atomic mass is 10.0. The molecule has 6 nitrogen and oxygen atoms in total. The molecule has 1 heterocycles. The number of aryl methyl sites for hydroxylation is 1. The number of hydrogen-bond acceptors (Lipinski definition) is 4. The minimum atomic E-state index is -0.798. The van der Waals surface area contributed by atoms with Crippen molar-refractivity contribution in [1.29, 1.82) is 0 Å². The van der Waals surface area contributed by atoms with E-state index in [0.29, 0.717) is 12.4 Å². The predicted molar refractivity (Wildman–Crippen MR) is 81.7 cm³/mol. The van der Waals surface area contributed by atoms with Crippen molar-refractivity contribution in [2.24, 2.45) is 5.92 Å². The predicted octanol–water partition coefficient (Wildman–Crippen LogP) is 2.91. The smallest absolute Gasteiger partial charge is 0.303 e. The lowest BCUT2D eigenvalue weighted by Gasteiger charge is -2.13. The number of hydrogen-bond donors (Lipinski definition) is 1. The number of benzene rings is 1. The molecule has 0 aliphatic heterocycles. The first-order valence-electron chi connectivity index (χ1n) is 6.75. The molecule has 0 saturated heterocycles. The maximum atomic E-state index is 10.9. The van der Waals surface area contributed by atoms with Crippen molar-refractivity contribution in [2.75, 3.05) is 0 Å². The molecule has 7 heteroatoms. The van der Waals surface area contributed by atoms with E-state index < -0.39 is 5.97 Å². The molecule has 0 saturated carbocycles. The maximum absolute atomic E-state index is 10.9. The van der Waals surface area contributed by atoms with Crippen LogP contribution in [0.2, 0.25) is 0 Å². The van der Waals surface area contributed by atoms with Crippen molar-refractivity contribution in [3.63, 3.8) is 0 Å². The summed E-state index contributed by atoms with van der Waals surface area (Å²) in [7, 11) is 0. The molecular weight excluding hydrogens is 336 g/mol. The first-order valence-corrected chi connectivity index (χ1v) is 7.55. The first kappa shape index (κ1) is 15.6. The minimum Gasteiger partial charge on any atom is -0.481 e. The van der Waals surface area contributed by atoms with Gasteiger partial charge in [-0.15, -0.1) is 5.10 Å². The zero-order valence-corrected chi connectivity index (χ0v) is 13.5. The van der Waals surface area contributed by atoms with Crippen molar-refractivity contribution in [3.05, 3.63) is 28.2 Å².